The summed E-state index contributed by atoms with van der Waals surface area (Å²) in [6, 6.07) is 11.9. The molecule has 0 radical (unpaired) electrons. The number of alkyl halides is 3. The van der Waals surface area contributed by atoms with Crippen molar-refractivity contribution < 1.29 is 22.7 Å². The first-order valence-electron chi connectivity index (χ1n) is 7.19. The van der Waals surface area contributed by atoms with Crippen LogP contribution in [0.2, 0.25) is 0 Å². The minimum absolute atomic E-state index is 0.0116. The number of hydrogen-bond donors (Lipinski definition) is 2. The minimum atomic E-state index is -4.44. The molecule has 0 unspecified atom stereocenters. The molecular formula is C17H17F3N2O2. The van der Waals surface area contributed by atoms with E-state index in [-0.39, 0.29) is 12.2 Å². The Hall–Kier alpha value is -2.54. The van der Waals surface area contributed by atoms with Crippen molar-refractivity contribution in [3.8, 4) is 5.75 Å². The monoisotopic (exact) mass is 338 g/mol. The van der Waals surface area contributed by atoms with Crippen LogP contribution in [0.15, 0.2) is 48.5 Å². The van der Waals surface area contributed by atoms with Crippen LogP contribution in [0.3, 0.4) is 0 Å². The lowest BCUT2D eigenvalue weighted by Crippen LogP contribution is -2.27. The van der Waals surface area contributed by atoms with Crippen LogP contribution in [0.5, 0.6) is 5.75 Å². The van der Waals surface area contributed by atoms with Crippen molar-refractivity contribution in [1.29, 1.82) is 0 Å². The number of methoxy groups -OCH3 is 1. The quantitative estimate of drug-likeness (QED) is 0.848. The maximum atomic E-state index is 12.6. The van der Waals surface area contributed by atoms with Crippen LogP contribution >= 0.6 is 0 Å². The van der Waals surface area contributed by atoms with Crippen LogP contribution in [0.1, 0.15) is 11.1 Å². The molecule has 0 aromatic heterocycles. The van der Waals surface area contributed by atoms with Crippen molar-refractivity contribution >= 4 is 11.6 Å². The SMILES string of the molecule is COc1ccc(CNCC(=O)Nc2cccc(C(F)(F)F)c2)cc1. The van der Waals surface area contributed by atoms with Crippen molar-refractivity contribution in [1.82, 2.24) is 5.32 Å². The average molecular weight is 338 g/mol. The third-order valence-corrected chi connectivity index (χ3v) is 3.25. The van der Waals surface area contributed by atoms with E-state index in [2.05, 4.69) is 10.6 Å². The normalized spacial score (nSPS) is 11.2. The third kappa shape index (κ3) is 5.27. The van der Waals surface area contributed by atoms with E-state index in [4.69, 9.17) is 4.74 Å². The van der Waals surface area contributed by atoms with Crippen LogP contribution in [0.25, 0.3) is 0 Å². The van der Waals surface area contributed by atoms with E-state index in [1.54, 1.807) is 19.2 Å². The number of hydrogen-bond acceptors (Lipinski definition) is 3. The Bertz CT molecular complexity index is 685. The molecule has 0 saturated heterocycles. The Balaban J connectivity index is 1.83. The molecule has 0 atom stereocenters. The highest BCUT2D eigenvalue weighted by Crippen LogP contribution is 2.30. The molecule has 128 valence electrons. The number of halogens is 3. The van der Waals surface area contributed by atoms with Gasteiger partial charge in [0, 0.05) is 12.2 Å². The van der Waals surface area contributed by atoms with E-state index in [1.165, 1.54) is 12.1 Å². The van der Waals surface area contributed by atoms with Crippen LogP contribution in [-0.2, 0) is 17.5 Å². The van der Waals surface area contributed by atoms with E-state index >= 15 is 0 Å². The number of rotatable bonds is 6. The van der Waals surface area contributed by atoms with Crippen molar-refractivity contribution in [2.75, 3.05) is 19.0 Å². The fourth-order valence-electron chi connectivity index (χ4n) is 2.04. The average Bonchev–Trinajstić information content (AvgIpc) is 2.55. The van der Waals surface area contributed by atoms with E-state index in [0.717, 1.165) is 23.4 Å². The van der Waals surface area contributed by atoms with Gasteiger partial charge < -0.3 is 15.4 Å². The zero-order valence-corrected chi connectivity index (χ0v) is 13.0. The fraction of sp³-hybridized carbons (Fsp3) is 0.235. The lowest BCUT2D eigenvalue weighted by Gasteiger charge is -2.10. The maximum Gasteiger partial charge on any atom is 0.416 e. The lowest BCUT2D eigenvalue weighted by molar-refractivity contribution is -0.137. The first kappa shape index (κ1) is 17.8. The van der Waals surface area contributed by atoms with Crippen molar-refractivity contribution in [3.05, 3.63) is 59.7 Å². The summed E-state index contributed by atoms with van der Waals surface area (Å²) in [4.78, 5) is 11.8. The summed E-state index contributed by atoms with van der Waals surface area (Å²) in [7, 11) is 1.57. The number of nitrogens with one attached hydrogen (secondary N) is 2. The van der Waals surface area contributed by atoms with Gasteiger partial charge in [0.05, 0.1) is 19.2 Å². The van der Waals surface area contributed by atoms with Gasteiger partial charge in [0.2, 0.25) is 5.91 Å². The van der Waals surface area contributed by atoms with Crippen LogP contribution < -0.4 is 15.4 Å². The zero-order chi connectivity index (χ0) is 17.6. The number of carbonyl (C=O) groups is 1. The predicted octanol–water partition coefficient (Wildman–Crippen LogP) is 3.44. The number of carbonyl (C=O) groups excluding carboxylic acids is 1. The first-order valence-corrected chi connectivity index (χ1v) is 7.19. The van der Waals surface area contributed by atoms with E-state index in [1.807, 2.05) is 12.1 Å². The Kier molecular flexibility index (Phi) is 5.81. The predicted molar refractivity (Wildman–Crippen MR) is 84.8 cm³/mol. The van der Waals surface area contributed by atoms with Crippen molar-refractivity contribution in [3.63, 3.8) is 0 Å². The molecule has 0 aliphatic carbocycles. The van der Waals surface area contributed by atoms with E-state index < -0.39 is 17.6 Å². The van der Waals surface area contributed by atoms with Gasteiger partial charge in [-0.2, -0.15) is 13.2 Å². The molecule has 0 aliphatic heterocycles. The molecule has 24 heavy (non-hydrogen) atoms. The van der Waals surface area contributed by atoms with Gasteiger partial charge in [-0.05, 0) is 35.9 Å². The first-order chi connectivity index (χ1) is 11.4. The van der Waals surface area contributed by atoms with Gasteiger partial charge in [-0.25, -0.2) is 0 Å². The van der Waals surface area contributed by atoms with Gasteiger partial charge in [0.1, 0.15) is 5.75 Å². The molecule has 4 nitrogen and oxygen atoms in total. The second-order valence-corrected chi connectivity index (χ2v) is 5.08. The van der Waals surface area contributed by atoms with Gasteiger partial charge in [0.15, 0.2) is 0 Å². The molecule has 2 rings (SSSR count). The van der Waals surface area contributed by atoms with Crippen LogP contribution in [-0.4, -0.2) is 19.6 Å². The Morgan fingerprint density at radius 1 is 1.12 bits per heavy atom. The molecule has 7 heteroatoms. The summed E-state index contributed by atoms with van der Waals surface area (Å²) in [6.07, 6.45) is -4.44. The number of ether oxygens (including phenoxy) is 1. The molecule has 0 aliphatic rings. The minimum Gasteiger partial charge on any atom is -0.497 e. The summed E-state index contributed by atoms with van der Waals surface area (Å²) in [5.74, 6) is 0.323. The molecule has 2 aromatic carbocycles. The van der Waals surface area contributed by atoms with Gasteiger partial charge in [0.25, 0.3) is 0 Å². The van der Waals surface area contributed by atoms with Crippen molar-refractivity contribution in [2.45, 2.75) is 12.7 Å². The molecule has 2 N–H and O–H groups in total. The van der Waals surface area contributed by atoms with Gasteiger partial charge >= 0.3 is 6.18 Å². The Labute approximate surface area is 137 Å². The number of anilines is 1. The molecule has 0 bridgehead atoms. The van der Waals surface area contributed by atoms with E-state index in [0.29, 0.717) is 6.54 Å². The molecule has 1 amide bonds. The highest BCUT2D eigenvalue weighted by Gasteiger charge is 2.30. The van der Waals surface area contributed by atoms with Gasteiger partial charge in [-0.15, -0.1) is 0 Å². The largest absolute Gasteiger partial charge is 0.497 e. The summed E-state index contributed by atoms with van der Waals surface area (Å²) in [5.41, 5.74) is 0.273. The molecule has 0 heterocycles. The highest BCUT2D eigenvalue weighted by molar-refractivity contribution is 5.92. The van der Waals surface area contributed by atoms with Crippen LogP contribution in [0.4, 0.5) is 18.9 Å². The molecular weight excluding hydrogens is 321 g/mol. The number of benzene rings is 2. The van der Waals surface area contributed by atoms with Crippen molar-refractivity contribution in [2.24, 2.45) is 0 Å². The standard InChI is InChI=1S/C17H17F3N2O2/c1-24-15-7-5-12(6-8-15)10-21-11-16(23)22-14-4-2-3-13(9-14)17(18,19)20/h2-9,21H,10-11H2,1H3,(H,22,23). The molecule has 2 aromatic rings. The topological polar surface area (TPSA) is 50.4 Å². The van der Waals surface area contributed by atoms with Crippen LogP contribution in [0, 0.1) is 0 Å². The summed E-state index contributed by atoms with van der Waals surface area (Å²) >= 11 is 0. The smallest absolute Gasteiger partial charge is 0.416 e. The second kappa shape index (κ2) is 7.83. The van der Waals surface area contributed by atoms with E-state index in [9.17, 15) is 18.0 Å². The molecule has 0 spiro atoms. The Morgan fingerprint density at radius 3 is 2.46 bits per heavy atom. The third-order valence-electron chi connectivity index (χ3n) is 3.25. The van der Waals surface area contributed by atoms with Gasteiger partial charge in [-0.1, -0.05) is 18.2 Å². The summed E-state index contributed by atoms with van der Waals surface area (Å²) in [6.45, 7) is 0.447. The summed E-state index contributed by atoms with van der Waals surface area (Å²) in [5, 5.41) is 5.37. The molecule has 0 saturated carbocycles. The second-order valence-electron chi connectivity index (χ2n) is 5.08. The molecule has 0 fully saturated rings. The number of amides is 1. The van der Waals surface area contributed by atoms with Gasteiger partial charge in [-0.3, -0.25) is 4.79 Å². The Morgan fingerprint density at radius 2 is 1.83 bits per heavy atom. The summed E-state index contributed by atoms with van der Waals surface area (Å²) < 4.78 is 42.9. The zero-order valence-electron chi connectivity index (χ0n) is 13.0. The highest BCUT2D eigenvalue weighted by atomic mass is 19.4. The lowest BCUT2D eigenvalue weighted by atomic mass is 10.2. The maximum absolute atomic E-state index is 12.6. The fourth-order valence-corrected chi connectivity index (χ4v) is 2.04.